The van der Waals surface area contributed by atoms with Crippen molar-refractivity contribution in [3.63, 3.8) is 0 Å². The van der Waals surface area contributed by atoms with Gasteiger partial charge in [0.25, 0.3) is 0 Å². The van der Waals surface area contributed by atoms with Crippen molar-refractivity contribution in [1.82, 2.24) is 10.2 Å². The number of likely N-dealkylation sites (tertiary alicyclic amines) is 1. The van der Waals surface area contributed by atoms with Gasteiger partial charge in [0, 0.05) is 31.6 Å². The fraction of sp³-hybridized carbons (Fsp3) is 0.500. The Kier molecular flexibility index (Phi) is 6.00. The number of hydrogen-bond donors (Lipinski definition) is 1. The first-order chi connectivity index (χ1) is 10.2. The molecule has 1 aromatic rings. The van der Waals surface area contributed by atoms with Crippen LogP contribution in [0.1, 0.15) is 38.2 Å². The summed E-state index contributed by atoms with van der Waals surface area (Å²) < 4.78 is 0. The van der Waals surface area contributed by atoms with Gasteiger partial charge in [-0.3, -0.25) is 9.69 Å². The molecule has 3 nitrogen and oxygen atoms in total. The number of amides is 1. The van der Waals surface area contributed by atoms with Gasteiger partial charge in [-0.2, -0.15) is 0 Å². The standard InChI is InChI=1S/C18H26N2O/c1-3-4-10-18(21)19-17-11-12-20(15(2)13-17)14-16-8-6-5-7-9-16/h3,5-9,15,17H,1,4,10-14H2,2H3,(H,19,21)/t15-,17-/m0/s1. The summed E-state index contributed by atoms with van der Waals surface area (Å²) in [5.74, 6) is 0.156. The van der Waals surface area contributed by atoms with Crippen molar-refractivity contribution < 1.29 is 4.79 Å². The van der Waals surface area contributed by atoms with Gasteiger partial charge in [-0.1, -0.05) is 36.4 Å². The Morgan fingerprint density at radius 3 is 2.86 bits per heavy atom. The molecule has 1 amide bonds. The maximum atomic E-state index is 11.8. The van der Waals surface area contributed by atoms with Gasteiger partial charge in [0.1, 0.15) is 0 Å². The van der Waals surface area contributed by atoms with Crippen molar-refractivity contribution in [3.05, 3.63) is 48.6 Å². The number of benzene rings is 1. The summed E-state index contributed by atoms with van der Waals surface area (Å²) in [5.41, 5.74) is 1.36. The second-order valence-corrected chi connectivity index (χ2v) is 5.92. The minimum atomic E-state index is 0.156. The van der Waals surface area contributed by atoms with Crippen molar-refractivity contribution in [2.45, 2.75) is 51.2 Å². The molecule has 1 aliphatic rings. The SMILES string of the molecule is C=CCCC(=O)N[C@H]1CCN(Cc2ccccc2)[C@@H](C)C1. The largest absolute Gasteiger partial charge is 0.353 e. The van der Waals surface area contributed by atoms with E-state index in [0.717, 1.165) is 32.4 Å². The van der Waals surface area contributed by atoms with Crippen molar-refractivity contribution in [2.24, 2.45) is 0 Å². The van der Waals surface area contributed by atoms with E-state index in [0.29, 0.717) is 18.5 Å². The Balaban J connectivity index is 1.79. The number of nitrogens with zero attached hydrogens (tertiary/aromatic N) is 1. The van der Waals surface area contributed by atoms with Gasteiger partial charge >= 0.3 is 0 Å². The molecule has 1 fully saturated rings. The smallest absolute Gasteiger partial charge is 0.220 e. The first-order valence-electron chi connectivity index (χ1n) is 7.87. The zero-order valence-corrected chi connectivity index (χ0v) is 12.9. The summed E-state index contributed by atoms with van der Waals surface area (Å²) in [6, 6.07) is 11.4. The molecule has 0 bridgehead atoms. The molecule has 0 aliphatic carbocycles. The van der Waals surface area contributed by atoms with Gasteiger partial charge in [-0.05, 0) is 31.7 Å². The highest BCUT2D eigenvalue weighted by atomic mass is 16.1. The lowest BCUT2D eigenvalue weighted by molar-refractivity contribution is -0.122. The van der Waals surface area contributed by atoms with Crippen LogP contribution in [0.25, 0.3) is 0 Å². The quantitative estimate of drug-likeness (QED) is 0.815. The normalized spacial score (nSPS) is 22.7. The van der Waals surface area contributed by atoms with Crippen LogP contribution in [-0.2, 0) is 11.3 Å². The molecule has 114 valence electrons. The van der Waals surface area contributed by atoms with E-state index in [1.54, 1.807) is 6.08 Å². The van der Waals surface area contributed by atoms with Crippen molar-refractivity contribution in [3.8, 4) is 0 Å². The Morgan fingerprint density at radius 1 is 1.43 bits per heavy atom. The zero-order valence-electron chi connectivity index (χ0n) is 12.9. The second kappa shape index (κ2) is 7.99. The number of allylic oxidation sites excluding steroid dienone is 1. The molecular weight excluding hydrogens is 260 g/mol. The molecule has 1 heterocycles. The number of carbonyl (C=O) groups is 1. The molecule has 0 radical (unpaired) electrons. The molecule has 3 heteroatoms. The maximum absolute atomic E-state index is 11.8. The van der Waals surface area contributed by atoms with Crippen LogP contribution >= 0.6 is 0 Å². The lowest BCUT2D eigenvalue weighted by Gasteiger charge is -2.38. The second-order valence-electron chi connectivity index (χ2n) is 5.92. The fourth-order valence-corrected chi connectivity index (χ4v) is 2.94. The van der Waals surface area contributed by atoms with E-state index in [1.165, 1.54) is 5.56 Å². The summed E-state index contributed by atoms with van der Waals surface area (Å²) in [7, 11) is 0. The lowest BCUT2D eigenvalue weighted by atomic mass is 9.97. The average molecular weight is 286 g/mol. The Hall–Kier alpha value is -1.61. The van der Waals surface area contributed by atoms with Crippen LogP contribution in [0, 0.1) is 0 Å². The molecule has 0 unspecified atom stereocenters. The van der Waals surface area contributed by atoms with Crippen molar-refractivity contribution in [1.29, 1.82) is 0 Å². The lowest BCUT2D eigenvalue weighted by Crippen LogP contribution is -2.48. The third-order valence-corrected chi connectivity index (χ3v) is 4.18. The summed E-state index contributed by atoms with van der Waals surface area (Å²) >= 11 is 0. The van der Waals surface area contributed by atoms with Gasteiger partial charge in [0.05, 0.1) is 0 Å². The average Bonchev–Trinajstić information content (AvgIpc) is 2.49. The van der Waals surface area contributed by atoms with E-state index < -0.39 is 0 Å². The predicted octanol–water partition coefficient (Wildman–Crippen LogP) is 3.12. The van der Waals surface area contributed by atoms with Crippen LogP contribution in [0.3, 0.4) is 0 Å². The molecule has 1 N–H and O–H groups in total. The minimum absolute atomic E-state index is 0.156. The molecule has 2 atom stereocenters. The van der Waals surface area contributed by atoms with Crippen LogP contribution < -0.4 is 5.32 Å². The van der Waals surface area contributed by atoms with E-state index >= 15 is 0 Å². The molecule has 2 rings (SSSR count). The van der Waals surface area contributed by atoms with Gasteiger partial charge in [-0.15, -0.1) is 6.58 Å². The third-order valence-electron chi connectivity index (χ3n) is 4.18. The van der Waals surface area contributed by atoms with Crippen LogP contribution in [0.15, 0.2) is 43.0 Å². The number of rotatable bonds is 6. The molecule has 0 aromatic heterocycles. The van der Waals surface area contributed by atoms with Crippen LogP contribution in [0.5, 0.6) is 0 Å². The predicted molar refractivity (Wildman–Crippen MR) is 86.9 cm³/mol. The van der Waals surface area contributed by atoms with Gasteiger partial charge in [-0.25, -0.2) is 0 Å². The van der Waals surface area contributed by atoms with Gasteiger partial charge < -0.3 is 5.32 Å². The summed E-state index contributed by atoms with van der Waals surface area (Å²) in [6.07, 6.45) is 5.19. The number of carbonyl (C=O) groups excluding carboxylic acids is 1. The monoisotopic (exact) mass is 286 g/mol. The Labute approximate surface area is 128 Å². The van der Waals surface area contributed by atoms with Crippen molar-refractivity contribution in [2.75, 3.05) is 6.54 Å². The van der Waals surface area contributed by atoms with E-state index in [9.17, 15) is 4.79 Å². The van der Waals surface area contributed by atoms with Crippen LogP contribution in [0.4, 0.5) is 0 Å². The zero-order chi connectivity index (χ0) is 15.1. The van der Waals surface area contributed by atoms with Crippen molar-refractivity contribution >= 4 is 5.91 Å². The first-order valence-corrected chi connectivity index (χ1v) is 7.87. The summed E-state index contributed by atoms with van der Waals surface area (Å²) in [6.45, 7) is 7.95. The maximum Gasteiger partial charge on any atom is 0.220 e. The van der Waals surface area contributed by atoms with Crippen LogP contribution in [0.2, 0.25) is 0 Å². The van der Waals surface area contributed by atoms with E-state index in [-0.39, 0.29) is 5.91 Å². The number of nitrogens with one attached hydrogen (secondary N) is 1. The van der Waals surface area contributed by atoms with Gasteiger partial charge in [0.2, 0.25) is 5.91 Å². The molecule has 1 saturated heterocycles. The highest BCUT2D eigenvalue weighted by molar-refractivity contribution is 5.76. The molecular formula is C18H26N2O. The topological polar surface area (TPSA) is 32.3 Å². The molecule has 0 saturated carbocycles. The molecule has 21 heavy (non-hydrogen) atoms. The molecule has 1 aliphatic heterocycles. The van der Waals surface area contributed by atoms with Gasteiger partial charge in [0.15, 0.2) is 0 Å². The third kappa shape index (κ3) is 5.01. The summed E-state index contributed by atoms with van der Waals surface area (Å²) in [4.78, 5) is 14.3. The number of hydrogen-bond acceptors (Lipinski definition) is 2. The Morgan fingerprint density at radius 2 is 2.19 bits per heavy atom. The molecule has 1 aromatic carbocycles. The highest BCUT2D eigenvalue weighted by Crippen LogP contribution is 2.20. The van der Waals surface area contributed by atoms with E-state index in [4.69, 9.17) is 0 Å². The van der Waals surface area contributed by atoms with Crippen LogP contribution in [-0.4, -0.2) is 29.4 Å². The fourth-order valence-electron chi connectivity index (χ4n) is 2.94. The van der Waals surface area contributed by atoms with E-state index in [1.807, 2.05) is 0 Å². The number of piperidine rings is 1. The first kappa shape index (κ1) is 15.8. The molecule has 0 spiro atoms. The van der Waals surface area contributed by atoms with E-state index in [2.05, 4.69) is 54.1 Å². The Bertz CT molecular complexity index is 458. The minimum Gasteiger partial charge on any atom is -0.353 e. The highest BCUT2D eigenvalue weighted by Gasteiger charge is 2.26. The summed E-state index contributed by atoms with van der Waals surface area (Å²) in [5, 5.41) is 3.16.